The lowest BCUT2D eigenvalue weighted by atomic mass is 9.68. The predicted octanol–water partition coefficient (Wildman–Crippen LogP) is 9.35. The summed E-state index contributed by atoms with van der Waals surface area (Å²) in [5.41, 5.74) is 2.48. The molecule has 4 rings (SSSR count). The van der Waals surface area contributed by atoms with Crippen LogP contribution in [0.1, 0.15) is 89.7 Å². The van der Waals surface area contributed by atoms with Gasteiger partial charge in [0.15, 0.2) is 11.6 Å². The van der Waals surface area contributed by atoms with Crippen LogP contribution in [0, 0.1) is 27.3 Å². The molecule has 0 radical (unpaired) electrons. The summed E-state index contributed by atoms with van der Waals surface area (Å²) >= 11 is 13.4. The molecule has 2 aliphatic rings. The van der Waals surface area contributed by atoms with E-state index in [4.69, 9.17) is 4.55 Å². The normalized spacial score (nSPS) is 19.0. The number of fused-ring (bicyclic) bond motifs is 2. The van der Waals surface area contributed by atoms with Gasteiger partial charge in [0, 0.05) is 87.6 Å². The predicted molar refractivity (Wildman–Crippen MR) is 343 cm³/mol. The van der Waals surface area contributed by atoms with Gasteiger partial charge in [-0.2, -0.15) is 29.8 Å². The molecule has 3 atom stereocenters. The minimum Gasteiger partial charge on any atom is -0.748 e. The van der Waals surface area contributed by atoms with Gasteiger partial charge in [0.1, 0.15) is 6.54 Å². The van der Waals surface area contributed by atoms with E-state index in [0.29, 0.717) is 61.9 Å². The van der Waals surface area contributed by atoms with E-state index in [1.807, 2.05) is 42.7 Å². The Morgan fingerprint density at radius 2 is 1.29 bits per heavy atom. The van der Waals surface area contributed by atoms with Gasteiger partial charge in [-0.15, -0.1) is 13.2 Å². The van der Waals surface area contributed by atoms with Crippen LogP contribution in [0.15, 0.2) is 73.5 Å². The van der Waals surface area contributed by atoms with E-state index in [9.17, 15) is 56.9 Å². The average molecular weight is 1790 g/mol. The molecule has 0 saturated heterocycles. The molecule has 28 heteroatoms. The van der Waals surface area contributed by atoms with Crippen LogP contribution in [0.2, 0.25) is 0 Å². The Kier molecular flexibility index (Phi) is 27.6. The van der Waals surface area contributed by atoms with Gasteiger partial charge in [0.05, 0.1) is 38.5 Å². The highest BCUT2D eigenvalue weighted by Crippen LogP contribution is 2.56. The van der Waals surface area contributed by atoms with Gasteiger partial charge in [-0.3, -0.25) is 23.2 Å². The van der Waals surface area contributed by atoms with Crippen LogP contribution >= 0.6 is 136 Å². The van der Waals surface area contributed by atoms with Gasteiger partial charge in [-0.25, -0.2) is 8.42 Å². The van der Waals surface area contributed by atoms with Crippen LogP contribution < -0.4 is 15.5 Å². The molecule has 18 nitrogen and oxygen atoms in total. The zero-order valence-corrected chi connectivity index (χ0v) is 57.3. The summed E-state index contributed by atoms with van der Waals surface area (Å²) < 4.78 is 142. The second-order valence-electron chi connectivity index (χ2n) is 17.7. The Hall–Kier alpha value is -0.430. The molecule has 0 bridgehead atoms. The van der Waals surface area contributed by atoms with E-state index in [0.717, 1.165) is 38.4 Å². The van der Waals surface area contributed by atoms with Crippen LogP contribution in [0.4, 0.5) is 11.4 Å². The minimum absolute atomic E-state index is 0.0675. The molecule has 2 heterocycles. The van der Waals surface area contributed by atoms with Gasteiger partial charge in [0.2, 0.25) is 17.5 Å². The second-order valence-corrected chi connectivity index (χ2v) is 30.5. The Balaban J connectivity index is 0.00000732. The van der Waals surface area contributed by atoms with E-state index in [-0.39, 0.29) is 38.4 Å². The van der Waals surface area contributed by atoms with Crippen molar-refractivity contribution in [1.29, 1.82) is 0 Å². The second kappa shape index (κ2) is 30.0. The third kappa shape index (κ3) is 19.6. The first kappa shape index (κ1) is 68.8. The van der Waals surface area contributed by atoms with Gasteiger partial charge in [-0.05, 0) is 181 Å². The Morgan fingerprint density at radius 1 is 0.733 bits per heavy atom. The maximum absolute atomic E-state index is 14.2. The summed E-state index contributed by atoms with van der Waals surface area (Å²) in [6, 6.07) is 3.86. The van der Waals surface area contributed by atoms with Crippen molar-refractivity contribution in [3.63, 3.8) is 0 Å². The fourth-order valence-corrected chi connectivity index (χ4v) is 16.2. The number of hydrogen-bond donors (Lipinski definition) is 5. The van der Waals surface area contributed by atoms with E-state index < -0.39 is 86.3 Å². The molecular formula is C47H60I6N4O14S4. The number of allylic oxidation sites excluding steroid dienone is 8. The fourth-order valence-electron chi connectivity index (χ4n) is 9.14. The fraction of sp³-hybridized carbons (Fsp3) is 0.468. The van der Waals surface area contributed by atoms with E-state index >= 15 is 0 Å². The number of carbonyl (C=O) groups is 2. The molecule has 5 N–H and O–H groups in total. The molecular weight excluding hydrogens is 1730 g/mol. The van der Waals surface area contributed by atoms with E-state index in [2.05, 4.69) is 166 Å². The quantitative estimate of drug-likeness (QED) is 0.0106. The van der Waals surface area contributed by atoms with Crippen molar-refractivity contribution in [2.24, 2.45) is 5.92 Å². The van der Waals surface area contributed by atoms with Gasteiger partial charge < -0.3 is 20.1 Å². The third-order valence-corrected chi connectivity index (χ3v) is 25.5. The number of benzene rings is 2. The van der Waals surface area contributed by atoms with Gasteiger partial charge >= 0.3 is 0 Å². The molecule has 3 unspecified atom stereocenters. The summed E-state index contributed by atoms with van der Waals surface area (Å²) in [6.45, 7) is 11.6. The molecule has 0 aliphatic carbocycles. The molecule has 418 valence electrons. The molecule has 2 aromatic rings. The summed E-state index contributed by atoms with van der Waals surface area (Å²) in [4.78, 5) is 28.1. The topological polar surface area (TPSA) is 285 Å². The number of carbonyl (C=O) groups excluding carboxylic acids is 2. The lowest BCUT2D eigenvalue weighted by Crippen LogP contribution is -2.46. The molecule has 0 spiro atoms. The van der Waals surface area contributed by atoms with Crippen molar-refractivity contribution in [2.75, 3.05) is 47.7 Å². The molecule has 75 heavy (non-hydrogen) atoms. The van der Waals surface area contributed by atoms with E-state index in [1.54, 1.807) is 30.4 Å². The number of halogens is 6. The highest BCUT2D eigenvalue weighted by molar-refractivity contribution is 14.1. The summed E-state index contributed by atoms with van der Waals surface area (Å²) in [6.07, 6.45) is 16.7. The monoisotopic (exact) mass is 1790 g/mol. The van der Waals surface area contributed by atoms with E-state index in [1.165, 1.54) is 4.90 Å². The molecule has 0 aromatic heterocycles. The number of nitrogens with one attached hydrogen (secondary N) is 2. The molecule has 2 aromatic carbocycles. The smallest absolute Gasteiger partial charge is 0.283 e. The van der Waals surface area contributed by atoms with Crippen LogP contribution in [0.5, 0.6) is 0 Å². The Labute approximate surface area is 523 Å². The zero-order chi connectivity index (χ0) is 56.9. The molecule has 2 amide bonds. The number of nitrogens with zero attached hydrogens (tertiary/aromatic N) is 2. The largest absolute Gasteiger partial charge is 0.748 e. The molecule has 0 fully saturated rings. The standard InChI is InChI=1S/C45H56I6N4O14S4.C2H4/c1-4-5-15-29(43(57)53-21-25-72(64,65)66)45(3)35(55(28-73(67,68)69)33-27-31(47)40(49)42(51)38(33)45)17-11-8-6-7-10-16-34-44(2,19-13-9-12-18-36(56)52-20-24-71(61,62)63)37-32(26-30(46)39(48)41(37)50)54(34)22-14-23-70(58,59)60;1-2/h6-8,10-11,16-17,26-27,29H,4-5,9,12-15,18-25,28H2,1-3H3,(H5-,52,53,56,57,58,59,60,61,62,63,64,65,66,67,68,69);1-2H2. The lowest BCUT2D eigenvalue weighted by molar-refractivity contribution is -0.437. The Bertz CT molecular complexity index is 3080. The summed E-state index contributed by atoms with van der Waals surface area (Å²) in [5.74, 6) is -4.36. The Morgan fingerprint density at radius 3 is 1.87 bits per heavy atom. The first-order chi connectivity index (χ1) is 34.8. The molecule has 2 aliphatic heterocycles. The van der Waals surface area contributed by atoms with Crippen molar-refractivity contribution in [3.05, 3.63) is 106 Å². The van der Waals surface area contributed by atoms with Gasteiger partial charge in [0.25, 0.3) is 30.4 Å². The number of unbranched alkanes of at least 4 members (excludes halogenated alkanes) is 3. The van der Waals surface area contributed by atoms with Crippen molar-refractivity contribution < 1.29 is 66.0 Å². The van der Waals surface area contributed by atoms with Crippen molar-refractivity contribution in [1.82, 2.24) is 10.6 Å². The first-order valence-corrected chi connectivity index (χ1v) is 36.0. The number of rotatable bonds is 27. The van der Waals surface area contributed by atoms with Crippen LogP contribution in [0.25, 0.3) is 0 Å². The zero-order valence-electron chi connectivity index (χ0n) is 41.1. The van der Waals surface area contributed by atoms with Gasteiger partial charge in [-0.1, -0.05) is 63.0 Å². The summed E-state index contributed by atoms with van der Waals surface area (Å²) in [5, 5.41) is 5.18. The minimum atomic E-state index is -4.64. The average Bonchev–Trinajstić information content (AvgIpc) is 3.65. The number of amides is 2. The highest BCUT2D eigenvalue weighted by atomic mass is 127. The van der Waals surface area contributed by atoms with Crippen LogP contribution in [-0.2, 0) is 60.9 Å². The van der Waals surface area contributed by atoms with Crippen LogP contribution in [-0.4, -0.2) is 117 Å². The summed E-state index contributed by atoms with van der Waals surface area (Å²) in [7, 11) is -17.8. The molecule has 0 saturated carbocycles. The van der Waals surface area contributed by atoms with Crippen LogP contribution in [0.3, 0.4) is 0 Å². The SMILES string of the molecule is C=C.CCCCC(C(=O)NCCS(=O)(=O)O)C1(C)/C(=C/C=C/C=C/C=C/C2=[N+](CCCS(=O)(=O)[O-])c3cc(I)c(I)c(I)c3C2(C)CCCCCC(=O)NCCS(=O)(=O)O)N(CS(=O)(=O)O)c2cc(I)c(I)c(I)c21. The highest BCUT2D eigenvalue weighted by Gasteiger charge is 2.53. The number of anilines is 1. The number of hydrogen-bond acceptors (Lipinski definition) is 12. The maximum Gasteiger partial charge on any atom is 0.283 e. The maximum atomic E-state index is 14.2. The first-order valence-electron chi connectivity index (χ1n) is 23.1. The van der Waals surface area contributed by atoms with Crippen molar-refractivity contribution in [2.45, 2.75) is 89.4 Å². The van der Waals surface area contributed by atoms with Crippen molar-refractivity contribution in [3.8, 4) is 0 Å². The van der Waals surface area contributed by atoms with Crippen molar-refractivity contribution >= 4 is 205 Å². The lowest BCUT2D eigenvalue weighted by Gasteiger charge is -2.37. The third-order valence-electron chi connectivity index (χ3n) is 12.4.